The molecule has 0 saturated carbocycles. The number of carbonyl (C=O) groups is 2. The van der Waals surface area contributed by atoms with Crippen molar-refractivity contribution >= 4 is 11.9 Å². The number of carboxylic acid groups (broad SMARTS) is 2. The van der Waals surface area contributed by atoms with Gasteiger partial charge in [-0.1, -0.05) is 155 Å². The summed E-state index contributed by atoms with van der Waals surface area (Å²) in [5, 5.41) is 15.7. The fourth-order valence-electron chi connectivity index (χ4n) is 4.24. The minimum absolute atomic E-state index is 0.346. The highest BCUT2D eigenvalue weighted by Gasteiger charge is 2.38. The molecule has 7 heteroatoms. The quantitative estimate of drug-likeness (QED) is 0.116. The van der Waals surface area contributed by atoms with Crippen LogP contribution in [0, 0.1) is 0 Å². The SMILES string of the molecule is CCCCCCCCCCCCCCCCCCCCCCCCCCC(=O)O.O=C(O)C(F)(F)F. The average molecular weight is 525 g/mol. The van der Waals surface area contributed by atoms with E-state index in [9.17, 15) is 18.0 Å². The van der Waals surface area contributed by atoms with Gasteiger partial charge in [0, 0.05) is 6.42 Å². The number of hydrogen-bond acceptors (Lipinski definition) is 2. The topological polar surface area (TPSA) is 74.6 Å². The molecule has 0 fully saturated rings. The van der Waals surface area contributed by atoms with Gasteiger partial charge < -0.3 is 10.2 Å². The van der Waals surface area contributed by atoms with Crippen molar-refractivity contribution in [2.45, 2.75) is 174 Å². The van der Waals surface area contributed by atoms with E-state index in [1.165, 1.54) is 141 Å². The largest absolute Gasteiger partial charge is 0.490 e. The smallest absolute Gasteiger partial charge is 0.481 e. The summed E-state index contributed by atoms with van der Waals surface area (Å²) in [6, 6.07) is 0. The summed E-state index contributed by atoms with van der Waals surface area (Å²) in [5.74, 6) is -3.41. The first-order chi connectivity index (χ1) is 17.2. The Morgan fingerprint density at radius 3 is 0.833 bits per heavy atom. The van der Waals surface area contributed by atoms with E-state index >= 15 is 0 Å². The molecule has 0 aliphatic carbocycles. The Morgan fingerprint density at radius 2 is 0.667 bits per heavy atom. The Morgan fingerprint density at radius 1 is 0.472 bits per heavy atom. The first-order valence-corrected chi connectivity index (χ1v) is 14.7. The van der Waals surface area contributed by atoms with Gasteiger partial charge in [0.05, 0.1) is 0 Å². The van der Waals surface area contributed by atoms with Crippen molar-refractivity contribution in [1.29, 1.82) is 0 Å². The summed E-state index contributed by atoms with van der Waals surface area (Å²) in [4.78, 5) is 19.3. The lowest BCUT2D eigenvalue weighted by molar-refractivity contribution is -0.192. The molecule has 0 atom stereocenters. The molecular formula is C29H55F3O4. The molecule has 0 aromatic carbocycles. The van der Waals surface area contributed by atoms with Crippen LogP contribution in [0.5, 0.6) is 0 Å². The lowest BCUT2D eigenvalue weighted by Gasteiger charge is -2.04. The Kier molecular flexibility index (Phi) is 29.0. The predicted molar refractivity (Wildman–Crippen MR) is 142 cm³/mol. The molecule has 0 unspecified atom stereocenters. The summed E-state index contributed by atoms with van der Waals surface area (Å²) in [7, 11) is 0. The van der Waals surface area contributed by atoms with Crippen molar-refractivity contribution in [3.63, 3.8) is 0 Å². The van der Waals surface area contributed by atoms with Crippen LogP contribution in [0.3, 0.4) is 0 Å². The molecule has 0 spiro atoms. The van der Waals surface area contributed by atoms with Crippen LogP contribution in [-0.2, 0) is 9.59 Å². The second kappa shape index (κ2) is 28.3. The van der Waals surface area contributed by atoms with Crippen LogP contribution in [0.4, 0.5) is 13.2 Å². The Labute approximate surface area is 218 Å². The van der Waals surface area contributed by atoms with E-state index in [1.807, 2.05) is 0 Å². The number of hydrogen-bond donors (Lipinski definition) is 2. The van der Waals surface area contributed by atoms with E-state index in [0.29, 0.717) is 6.42 Å². The minimum Gasteiger partial charge on any atom is -0.481 e. The van der Waals surface area contributed by atoms with Gasteiger partial charge in [-0.2, -0.15) is 13.2 Å². The molecule has 0 heterocycles. The third kappa shape index (κ3) is 34.9. The van der Waals surface area contributed by atoms with Gasteiger partial charge in [0.2, 0.25) is 0 Å². The summed E-state index contributed by atoms with van der Waals surface area (Å²) in [6.07, 6.45) is 28.4. The van der Waals surface area contributed by atoms with Crippen molar-refractivity contribution in [2.24, 2.45) is 0 Å². The molecule has 0 amide bonds. The average Bonchev–Trinajstić information content (AvgIpc) is 2.81. The first-order valence-electron chi connectivity index (χ1n) is 14.7. The van der Waals surface area contributed by atoms with Gasteiger partial charge in [0.25, 0.3) is 0 Å². The lowest BCUT2D eigenvalue weighted by atomic mass is 10.0. The molecule has 36 heavy (non-hydrogen) atoms. The number of carboxylic acids is 2. The normalized spacial score (nSPS) is 11.2. The number of rotatable bonds is 25. The molecule has 2 N–H and O–H groups in total. The van der Waals surface area contributed by atoms with Crippen LogP contribution in [-0.4, -0.2) is 28.3 Å². The molecular weight excluding hydrogens is 469 g/mol. The summed E-state index contributed by atoms with van der Waals surface area (Å²) in [5.41, 5.74) is 0. The highest BCUT2D eigenvalue weighted by atomic mass is 19.4. The molecule has 0 aromatic rings. The third-order valence-electron chi connectivity index (χ3n) is 6.49. The van der Waals surface area contributed by atoms with Crippen molar-refractivity contribution in [2.75, 3.05) is 0 Å². The number of aliphatic carboxylic acids is 2. The molecule has 0 aromatic heterocycles. The fourth-order valence-corrected chi connectivity index (χ4v) is 4.24. The zero-order valence-electron chi connectivity index (χ0n) is 23.0. The van der Waals surface area contributed by atoms with Gasteiger partial charge in [-0.3, -0.25) is 4.79 Å². The van der Waals surface area contributed by atoms with E-state index in [2.05, 4.69) is 6.92 Å². The molecule has 0 bridgehead atoms. The van der Waals surface area contributed by atoms with Crippen molar-refractivity contribution < 1.29 is 33.0 Å². The molecule has 0 aliphatic rings. The summed E-state index contributed by atoms with van der Waals surface area (Å²) in [6.45, 7) is 2.29. The van der Waals surface area contributed by atoms with Crippen LogP contribution in [0.1, 0.15) is 167 Å². The van der Waals surface area contributed by atoms with Gasteiger partial charge in [-0.05, 0) is 6.42 Å². The predicted octanol–water partition coefficient (Wildman–Crippen LogP) is 10.5. The van der Waals surface area contributed by atoms with Crippen molar-refractivity contribution in [1.82, 2.24) is 0 Å². The maximum Gasteiger partial charge on any atom is 0.490 e. The molecule has 4 nitrogen and oxygen atoms in total. The molecule has 0 aliphatic heterocycles. The van der Waals surface area contributed by atoms with Crippen LogP contribution >= 0.6 is 0 Å². The number of alkyl halides is 3. The van der Waals surface area contributed by atoms with Crippen LogP contribution in [0.2, 0.25) is 0 Å². The second-order valence-electron chi connectivity index (χ2n) is 10.1. The first kappa shape index (κ1) is 36.9. The molecule has 0 saturated heterocycles. The molecule has 0 rings (SSSR count). The molecule has 216 valence electrons. The highest BCUT2D eigenvalue weighted by Crippen LogP contribution is 2.16. The van der Waals surface area contributed by atoms with Gasteiger partial charge in [-0.15, -0.1) is 0 Å². The molecule has 0 radical (unpaired) electrons. The highest BCUT2D eigenvalue weighted by molar-refractivity contribution is 5.73. The van der Waals surface area contributed by atoms with E-state index in [1.54, 1.807) is 0 Å². The van der Waals surface area contributed by atoms with E-state index < -0.39 is 18.1 Å². The lowest BCUT2D eigenvalue weighted by Crippen LogP contribution is -2.21. The Balaban J connectivity index is 0. The maximum absolute atomic E-state index is 10.6. The van der Waals surface area contributed by atoms with Crippen LogP contribution in [0.15, 0.2) is 0 Å². The van der Waals surface area contributed by atoms with Gasteiger partial charge in [-0.25, -0.2) is 4.79 Å². The van der Waals surface area contributed by atoms with Gasteiger partial charge >= 0.3 is 18.1 Å². The zero-order chi connectivity index (χ0) is 27.3. The fraction of sp³-hybridized carbons (Fsp3) is 0.931. The Hall–Kier alpha value is -1.27. The van der Waals surface area contributed by atoms with Crippen LogP contribution in [0.25, 0.3) is 0 Å². The Bertz CT molecular complexity index is 482. The summed E-state index contributed by atoms with van der Waals surface area (Å²) < 4.78 is 31.7. The standard InChI is InChI=1S/C27H54O2.C2HF3O2/c1-2-3-4-5-6-7-8-9-10-11-12-13-14-15-16-17-18-19-20-21-22-23-24-25-26-27(28)29;3-2(4,5)1(6)7/h2-26H2,1H3,(H,28,29);(H,6,7). The maximum atomic E-state index is 10.6. The van der Waals surface area contributed by atoms with Crippen molar-refractivity contribution in [3.8, 4) is 0 Å². The third-order valence-corrected chi connectivity index (χ3v) is 6.49. The van der Waals surface area contributed by atoms with Gasteiger partial charge in [0.1, 0.15) is 0 Å². The van der Waals surface area contributed by atoms with Crippen molar-refractivity contribution in [3.05, 3.63) is 0 Å². The van der Waals surface area contributed by atoms with Crippen LogP contribution < -0.4 is 0 Å². The van der Waals surface area contributed by atoms with E-state index in [4.69, 9.17) is 15.0 Å². The van der Waals surface area contributed by atoms with Gasteiger partial charge in [0.15, 0.2) is 0 Å². The monoisotopic (exact) mass is 524 g/mol. The summed E-state index contributed by atoms with van der Waals surface area (Å²) >= 11 is 0. The van der Waals surface area contributed by atoms with E-state index in [0.717, 1.165) is 12.8 Å². The zero-order valence-corrected chi connectivity index (χ0v) is 23.0. The number of unbranched alkanes of at least 4 members (excludes halogenated alkanes) is 23. The second-order valence-corrected chi connectivity index (χ2v) is 10.1. The number of halogens is 3. The minimum atomic E-state index is -5.08. The van der Waals surface area contributed by atoms with E-state index in [-0.39, 0.29) is 0 Å².